The standard InChI is InChI=1S/C32H40N2O6/c1-24-11-14-28(40-24)22-33(18-17-26-12-15-29(37-2)30(20-26)38-3)32(36)23-34(21-27-10-7-19-39-27)31(35)16-13-25-8-5-4-6-9-25/h4-6,8-9,11-12,14-15,20,27H,7,10,13,16-19,21-23H2,1-3H3/t27-/m1/s1. The van der Waals surface area contributed by atoms with E-state index in [4.69, 9.17) is 18.6 Å². The van der Waals surface area contributed by atoms with Gasteiger partial charge in [-0.3, -0.25) is 9.59 Å². The SMILES string of the molecule is COc1ccc(CCN(Cc2ccc(C)o2)C(=O)CN(C[C@H]2CCCO2)C(=O)CCc2ccccc2)cc1OC. The van der Waals surface area contributed by atoms with Crippen LogP contribution in [-0.4, -0.2) is 68.2 Å². The van der Waals surface area contributed by atoms with Gasteiger partial charge in [-0.2, -0.15) is 0 Å². The Hall–Kier alpha value is -3.78. The fraction of sp³-hybridized carbons (Fsp3) is 0.438. The number of hydrogen-bond donors (Lipinski definition) is 0. The minimum absolute atomic E-state index is 0.000886. The summed E-state index contributed by atoms with van der Waals surface area (Å²) < 4.78 is 22.4. The predicted molar refractivity (Wildman–Crippen MR) is 152 cm³/mol. The maximum absolute atomic E-state index is 13.8. The molecule has 0 spiro atoms. The molecule has 2 aromatic carbocycles. The van der Waals surface area contributed by atoms with Crippen LogP contribution in [0.4, 0.5) is 0 Å². The number of nitrogens with zero attached hydrogens (tertiary/aromatic N) is 2. The molecule has 2 heterocycles. The molecule has 1 saturated heterocycles. The molecule has 0 N–H and O–H groups in total. The average molecular weight is 549 g/mol. The van der Waals surface area contributed by atoms with Crippen molar-refractivity contribution in [1.29, 1.82) is 0 Å². The van der Waals surface area contributed by atoms with Crippen LogP contribution in [0.15, 0.2) is 65.1 Å². The molecule has 0 aliphatic carbocycles. The van der Waals surface area contributed by atoms with Gasteiger partial charge in [0.1, 0.15) is 11.5 Å². The molecular weight excluding hydrogens is 508 g/mol. The Morgan fingerprint density at radius 2 is 1.70 bits per heavy atom. The maximum atomic E-state index is 13.8. The lowest BCUT2D eigenvalue weighted by atomic mass is 10.1. The normalized spacial score (nSPS) is 14.6. The third-order valence-corrected chi connectivity index (χ3v) is 7.21. The monoisotopic (exact) mass is 548 g/mol. The van der Waals surface area contributed by atoms with Crippen LogP contribution in [-0.2, 0) is 33.7 Å². The molecule has 1 aliphatic rings. The van der Waals surface area contributed by atoms with Gasteiger partial charge in [-0.05, 0) is 68.0 Å². The third-order valence-electron chi connectivity index (χ3n) is 7.21. The highest BCUT2D eigenvalue weighted by molar-refractivity contribution is 5.85. The number of amides is 2. The second-order valence-electron chi connectivity index (χ2n) is 10.2. The molecule has 1 fully saturated rings. The van der Waals surface area contributed by atoms with Gasteiger partial charge in [0.15, 0.2) is 11.5 Å². The summed E-state index contributed by atoms with van der Waals surface area (Å²) in [5, 5.41) is 0. The van der Waals surface area contributed by atoms with Crippen molar-refractivity contribution in [2.24, 2.45) is 0 Å². The molecule has 8 heteroatoms. The smallest absolute Gasteiger partial charge is 0.242 e. The molecule has 4 rings (SSSR count). The van der Waals surface area contributed by atoms with E-state index in [1.807, 2.05) is 67.6 Å². The van der Waals surface area contributed by atoms with Crippen LogP contribution >= 0.6 is 0 Å². The fourth-order valence-corrected chi connectivity index (χ4v) is 4.96. The van der Waals surface area contributed by atoms with Crippen molar-refractivity contribution in [3.63, 3.8) is 0 Å². The third kappa shape index (κ3) is 8.36. The Bertz CT molecular complexity index is 1240. The van der Waals surface area contributed by atoms with Gasteiger partial charge in [0.2, 0.25) is 11.8 Å². The number of rotatable bonds is 14. The van der Waals surface area contributed by atoms with E-state index in [0.29, 0.717) is 62.8 Å². The van der Waals surface area contributed by atoms with E-state index in [-0.39, 0.29) is 24.5 Å². The first kappa shape index (κ1) is 29.2. The number of carbonyl (C=O) groups is 2. The summed E-state index contributed by atoms with van der Waals surface area (Å²) in [6, 6.07) is 19.5. The Morgan fingerprint density at radius 1 is 0.900 bits per heavy atom. The summed E-state index contributed by atoms with van der Waals surface area (Å²) in [7, 11) is 3.21. The van der Waals surface area contributed by atoms with Crippen LogP contribution in [0.1, 0.15) is 41.9 Å². The quantitative estimate of drug-likeness (QED) is 0.287. The molecule has 0 saturated carbocycles. The van der Waals surface area contributed by atoms with E-state index in [9.17, 15) is 9.59 Å². The predicted octanol–water partition coefficient (Wildman–Crippen LogP) is 4.82. The largest absolute Gasteiger partial charge is 0.493 e. The fourth-order valence-electron chi connectivity index (χ4n) is 4.96. The van der Waals surface area contributed by atoms with E-state index in [2.05, 4.69) is 0 Å². The zero-order valence-electron chi connectivity index (χ0n) is 23.8. The molecule has 1 aliphatic heterocycles. The van der Waals surface area contributed by atoms with Crippen LogP contribution in [0.25, 0.3) is 0 Å². The van der Waals surface area contributed by atoms with E-state index in [1.54, 1.807) is 24.0 Å². The number of benzene rings is 2. The number of methoxy groups -OCH3 is 2. The molecule has 0 unspecified atom stereocenters. The van der Waals surface area contributed by atoms with Crippen LogP contribution in [0.5, 0.6) is 11.5 Å². The second kappa shape index (κ2) is 14.6. The van der Waals surface area contributed by atoms with E-state index in [1.165, 1.54) is 0 Å². The lowest BCUT2D eigenvalue weighted by molar-refractivity contribution is -0.142. The van der Waals surface area contributed by atoms with Gasteiger partial charge in [-0.25, -0.2) is 0 Å². The second-order valence-corrected chi connectivity index (χ2v) is 10.2. The van der Waals surface area contributed by atoms with Crippen LogP contribution in [0, 0.1) is 6.92 Å². The Balaban J connectivity index is 1.47. The maximum Gasteiger partial charge on any atom is 0.242 e. The summed E-state index contributed by atoms with van der Waals surface area (Å²) >= 11 is 0. The Morgan fingerprint density at radius 3 is 2.38 bits per heavy atom. The lowest BCUT2D eigenvalue weighted by Gasteiger charge is -2.29. The number of carbonyl (C=O) groups excluding carboxylic acids is 2. The highest BCUT2D eigenvalue weighted by Gasteiger charge is 2.26. The van der Waals surface area contributed by atoms with Crippen molar-refractivity contribution in [3.05, 3.63) is 83.3 Å². The zero-order valence-corrected chi connectivity index (χ0v) is 23.8. The van der Waals surface area contributed by atoms with Crippen molar-refractivity contribution >= 4 is 11.8 Å². The molecule has 0 bridgehead atoms. The number of furan rings is 1. The van der Waals surface area contributed by atoms with Crippen molar-refractivity contribution < 1.29 is 28.2 Å². The first-order chi connectivity index (χ1) is 19.4. The molecule has 8 nitrogen and oxygen atoms in total. The zero-order chi connectivity index (χ0) is 28.3. The van der Waals surface area contributed by atoms with Crippen molar-refractivity contribution in [1.82, 2.24) is 9.80 Å². The summed E-state index contributed by atoms with van der Waals surface area (Å²) in [5.74, 6) is 2.63. The Kier molecular flexibility index (Phi) is 10.6. The van der Waals surface area contributed by atoms with Crippen LogP contribution < -0.4 is 9.47 Å². The van der Waals surface area contributed by atoms with E-state index >= 15 is 0 Å². The highest BCUT2D eigenvalue weighted by Crippen LogP contribution is 2.28. The van der Waals surface area contributed by atoms with E-state index < -0.39 is 0 Å². The molecule has 1 atom stereocenters. The molecule has 3 aromatic rings. The summed E-state index contributed by atoms with van der Waals surface area (Å²) in [4.78, 5) is 30.6. The average Bonchev–Trinajstić information content (AvgIpc) is 3.65. The topological polar surface area (TPSA) is 81.5 Å². The van der Waals surface area contributed by atoms with Gasteiger partial charge in [-0.15, -0.1) is 0 Å². The van der Waals surface area contributed by atoms with Crippen molar-refractivity contribution in [3.8, 4) is 11.5 Å². The highest BCUT2D eigenvalue weighted by atomic mass is 16.5. The minimum Gasteiger partial charge on any atom is -0.493 e. The van der Waals surface area contributed by atoms with Crippen LogP contribution in [0.3, 0.4) is 0 Å². The molecule has 0 radical (unpaired) electrons. The van der Waals surface area contributed by atoms with Crippen molar-refractivity contribution in [2.75, 3.05) is 40.5 Å². The lowest BCUT2D eigenvalue weighted by Crippen LogP contribution is -2.46. The molecule has 1 aromatic heterocycles. The molecular formula is C32H40N2O6. The molecule has 214 valence electrons. The van der Waals surface area contributed by atoms with Gasteiger partial charge >= 0.3 is 0 Å². The minimum atomic E-state index is -0.124. The number of ether oxygens (including phenoxy) is 3. The summed E-state index contributed by atoms with van der Waals surface area (Å²) in [6.45, 7) is 3.78. The van der Waals surface area contributed by atoms with Gasteiger partial charge in [0.05, 0.1) is 33.4 Å². The number of aryl methyl sites for hydroxylation is 2. The summed E-state index contributed by atoms with van der Waals surface area (Å²) in [6.07, 6.45) is 3.41. The van der Waals surface area contributed by atoms with Gasteiger partial charge in [0, 0.05) is 26.1 Å². The van der Waals surface area contributed by atoms with Crippen molar-refractivity contribution in [2.45, 2.75) is 51.7 Å². The first-order valence-electron chi connectivity index (χ1n) is 13.9. The van der Waals surface area contributed by atoms with Crippen LogP contribution in [0.2, 0.25) is 0 Å². The summed E-state index contributed by atoms with van der Waals surface area (Å²) in [5.41, 5.74) is 2.12. The Labute approximate surface area is 236 Å². The molecule has 2 amide bonds. The van der Waals surface area contributed by atoms with Gasteiger partial charge in [0.25, 0.3) is 0 Å². The van der Waals surface area contributed by atoms with Gasteiger partial charge in [-0.1, -0.05) is 36.4 Å². The number of hydrogen-bond acceptors (Lipinski definition) is 6. The van der Waals surface area contributed by atoms with Gasteiger partial charge < -0.3 is 28.4 Å². The van der Waals surface area contributed by atoms with E-state index in [0.717, 1.165) is 29.7 Å². The first-order valence-corrected chi connectivity index (χ1v) is 13.9. The molecule has 40 heavy (non-hydrogen) atoms.